The van der Waals surface area contributed by atoms with Gasteiger partial charge in [-0.3, -0.25) is 14.3 Å². The summed E-state index contributed by atoms with van der Waals surface area (Å²) in [7, 11) is 0. The number of carbonyl (C=O) groups is 2. The molecular weight excluding hydrogens is 542 g/mol. The number of aromatic nitrogens is 2. The number of ether oxygens (including phenoxy) is 1. The molecule has 6 rings (SSSR count). The summed E-state index contributed by atoms with van der Waals surface area (Å²) in [6, 6.07) is 19.6. The van der Waals surface area contributed by atoms with E-state index in [0.717, 1.165) is 0 Å². The maximum Gasteiger partial charge on any atom is 0.298 e. The number of nitrogens with one attached hydrogen (secondary N) is 2. The van der Waals surface area contributed by atoms with Crippen LogP contribution in [0.2, 0.25) is 0 Å². The standard InChI is InChI=1S/C31H26F2N6O3/c1-19-18-38-28(30(41)39(19)24-10-7-22(8-11-24)31(32,33)21-5-3-2-4-6-21)26(17-36-38)29(40)37-23-9-12-27(20(13-23)14-34)42-25-15-35-16-25/h2-13,17,19,25,35H,15-16,18H2,1H3,(H,37,40)/t19-/m0/s1. The van der Waals surface area contributed by atoms with Crippen LogP contribution in [0.15, 0.2) is 79.0 Å². The molecule has 0 spiro atoms. The number of anilines is 2. The van der Waals surface area contributed by atoms with Crippen LogP contribution in [0, 0.1) is 11.3 Å². The van der Waals surface area contributed by atoms with Crippen molar-refractivity contribution in [3.05, 3.63) is 107 Å². The molecule has 0 saturated carbocycles. The van der Waals surface area contributed by atoms with Crippen LogP contribution in [0.3, 0.4) is 0 Å². The highest BCUT2D eigenvalue weighted by Gasteiger charge is 2.37. The third-order valence-corrected chi connectivity index (χ3v) is 7.42. The van der Waals surface area contributed by atoms with Crippen LogP contribution >= 0.6 is 0 Å². The minimum absolute atomic E-state index is 0.00983. The maximum absolute atomic E-state index is 15.1. The van der Waals surface area contributed by atoms with Crippen molar-refractivity contribution in [1.82, 2.24) is 15.1 Å². The van der Waals surface area contributed by atoms with E-state index in [0.29, 0.717) is 36.8 Å². The van der Waals surface area contributed by atoms with Gasteiger partial charge in [0.2, 0.25) is 0 Å². The van der Waals surface area contributed by atoms with Gasteiger partial charge in [-0.15, -0.1) is 0 Å². The van der Waals surface area contributed by atoms with Crippen molar-refractivity contribution in [2.24, 2.45) is 0 Å². The molecule has 3 aromatic carbocycles. The zero-order valence-corrected chi connectivity index (χ0v) is 22.6. The van der Waals surface area contributed by atoms with E-state index < -0.39 is 17.7 Å². The van der Waals surface area contributed by atoms with E-state index in [1.165, 1.54) is 58.2 Å². The SMILES string of the molecule is C[C@H]1Cn2ncc(C(=O)Nc3ccc(OC4CNC4)c(C#N)c3)c2C(=O)N1c1ccc(C(F)(F)c2ccccc2)cc1. The van der Waals surface area contributed by atoms with Gasteiger partial charge in [-0.05, 0) is 37.3 Å². The van der Waals surface area contributed by atoms with E-state index in [4.69, 9.17) is 4.74 Å². The zero-order valence-electron chi connectivity index (χ0n) is 22.6. The van der Waals surface area contributed by atoms with Gasteiger partial charge in [-0.2, -0.15) is 19.1 Å². The van der Waals surface area contributed by atoms with Gasteiger partial charge in [0.05, 0.1) is 29.9 Å². The Labute approximate surface area is 240 Å². The first-order valence-electron chi connectivity index (χ1n) is 13.4. The first-order valence-corrected chi connectivity index (χ1v) is 13.4. The number of halogens is 2. The van der Waals surface area contributed by atoms with Gasteiger partial charge in [0.15, 0.2) is 0 Å². The summed E-state index contributed by atoms with van der Waals surface area (Å²) in [6.07, 6.45) is 1.32. The second-order valence-electron chi connectivity index (χ2n) is 10.3. The van der Waals surface area contributed by atoms with Crippen LogP contribution in [0.4, 0.5) is 20.2 Å². The van der Waals surface area contributed by atoms with Crippen molar-refractivity contribution in [2.45, 2.75) is 31.5 Å². The highest BCUT2D eigenvalue weighted by molar-refractivity contribution is 6.15. The van der Waals surface area contributed by atoms with Crippen molar-refractivity contribution >= 4 is 23.2 Å². The molecule has 2 aliphatic rings. The Bertz CT molecular complexity index is 1690. The lowest BCUT2D eigenvalue weighted by atomic mass is 9.99. The number of nitriles is 1. The van der Waals surface area contributed by atoms with Crippen LogP contribution in [-0.2, 0) is 12.5 Å². The molecule has 11 heteroatoms. The van der Waals surface area contributed by atoms with Crippen LogP contribution in [0.5, 0.6) is 5.75 Å². The first-order chi connectivity index (χ1) is 20.3. The third-order valence-electron chi connectivity index (χ3n) is 7.42. The zero-order chi connectivity index (χ0) is 29.4. The highest BCUT2D eigenvalue weighted by Crippen LogP contribution is 2.37. The summed E-state index contributed by atoms with van der Waals surface area (Å²) < 4.78 is 37.4. The lowest BCUT2D eigenvalue weighted by Crippen LogP contribution is -2.50. The van der Waals surface area contributed by atoms with Gasteiger partial charge in [-0.25, -0.2) is 0 Å². The number of rotatable bonds is 7. The minimum atomic E-state index is -3.20. The van der Waals surface area contributed by atoms with Crippen molar-refractivity contribution in [1.29, 1.82) is 5.26 Å². The summed E-state index contributed by atoms with van der Waals surface area (Å²) in [5, 5.41) is 19.7. The summed E-state index contributed by atoms with van der Waals surface area (Å²) in [6.45, 7) is 3.52. The molecule has 1 aromatic heterocycles. The Morgan fingerprint density at radius 2 is 1.81 bits per heavy atom. The number of carbonyl (C=O) groups excluding carboxylic acids is 2. The third kappa shape index (κ3) is 4.86. The number of fused-ring (bicyclic) bond motifs is 1. The molecule has 212 valence electrons. The fourth-order valence-corrected chi connectivity index (χ4v) is 5.10. The quantitative estimate of drug-likeness (QED) is 0.339. The van der Waals surface area contributed by atoms with Crippen LogP contribution in [0.25, 0.3) is 0 Å². The smallest absolute Gasteiger partial charge is 0.298 e. The van der Waals surface area contributed by atoms with Crippen molar-refractivity contribution < 1.29 is 23.1 Å². The van der Waals surface area contributed by atoms with Crippen LogP contribution in [0.1, 0.15) is 44.5 Å². The number of hydrogen-bond acceptors (Lipinski definition) is 6. The molecule has 1 fully saturated rings. The fourth-order valence-electron chi connectivity index (χ4n) is 5.10. The van der Waals surface area contributed by atoms with E-state index in [1.807, 2.05) is 6.92 Å². The van der Waals surface area contributed by atoms with E-state index in [1.54, 1.807) is 30.3 Å². The van der Waals surface area contributed by atoms with Gasteiger partial charge in [0, 0.05) is 35.6 Å². The molecule has 9 nitrogen and oxygen atoms in total. The second kappa shape index (κ2) is 10.7. The lowest BCUT2D eigenvalue weighted by molar-refractivity contribution is 0.0428. The van der Waals surface area contributed by atoms with Gasteiger partial charge >= 0.3 is 0 Å². The van der Waals surface area contributed by atoms with Crippen LogP contribution < -0.4 is 20.3 Å². The van der Waals surface area contributed by atoms with Crippen LogP contribution in [-0.4, -0.2) is 46.8 Å². The van der Waals surface area contributed by atoms with E-state index in [9.17, 15) is 14.9 Å². The average Bonchev–Trinajstić information content (AvgIpc) is 3.40. The van der Waals surface area contributed by atoms with Crippen molar-refractivity contribution in [3.63, 3.8) is 0 Å². The van der Waals surface area contributed by atoms with Gasteiger partial charge < -0.3 is 20.3 Å². The normalized spacial score (nSPS) is 16.8. The molecule has 0 radical (unpaired) electrons. The second-order valence-corrected chi connectivity index (χ2v) is 10.3. The fraction of sp³-hybridized carbons (Fsp3) is 0.226. The Morgan fingerprint density at radius 1 is 1.10 bits per heavy atom. The molecule has 4 aromatic rings. The Kier molecular flexibility index (Phi) is 6.92. The molecule has 1 saturated heterocycles. The molecule has 2 amide bonds. The van der Waals surface area contributed by atoms with E-state index in [2.05, 4.69) is 21.8 Å². The molecule has 3 heterocycles. The monoisotopic (exact) mass is 568 g/mol. The molecule has 0 bridgehead atoms. The van der Waals surface area contributed by atoms with E-state index >= 15 is 8.78 Å². The van der Waals surface area contributed by atoms with Gasteiger partial charge in [0.25, 0.3) is 17.7 Å². The molecule has 0 aliphatic carbocycles. The van der Waals surface area contributed by atoms with Gasteiger partial charge in [0.1, 0.15) is 23.6 Å². The van der Waals surface area contributed by atoms with E-state index in [-0.39, 0.29) is 40.1 Å². The minimum Gasteiger partial charge on any atom is -0.486 e. The summed E-state index contributed by atoms with van der Waals surface area (Å²) in [5.41, 5.74) is 0.880. The Balaban J connectivity index is 1.22. The summed E-state index contributed by atoms with van der Waals surface area (Å²) in [4.78, 5) is 28.5. The Hall–Kier alpha value is -5.08. The van der Waals surface area contributed by atoms with Crippen molar-refractivity contribution in [2.75, 3.05) is 23.3 Å². The molecule has 2 N–H and O–H groups in total. The maximum atomic E-state index is 15.1. The molecular formula is C31H26F2N6O3. The number of benzene rings is 3. The largest absolute Gasteiger partial charge is 0.486 e. The number of nitrogens with zero attached hydrogens (tertiary/aromatic N) is 4. The number of amides is 2. The van der Waals surface area contributed by atoms with Gasteiger partial charge in [-0.1, -0.05) is 42.5 Å². The first kappa shape index (κ1) is 27.1. The lowest BCUT2D eigenvalue weighted by Gasteiger charge is -2.34. The molecule has 2 aliphatic heterocycles. The van der Waals surface area contributed by atoms with Crippen molar-refractivity contribution in [3.8, 4) is 11.8 Å². The molecule has 42 heavy (non-hydrogen) atoms. The predicted molar refractivity (Wildman–Crippen MR) is 151 cm³/mol. The Morgan fingerprint density at radius 3 is 2.48 bits per heavy atom. The number of alkyl halides is 2. The number of hydrogen-bond donors (Lipinski definition) is 2. The molecule has 0 unspecified atom stereocenters. The highest BCUT2D eigenvalue weighted by atomic mass is 19.3. The summed E-state index contributed by atoms with van der Waals surface area (Å²) in [5.74, 6) is -3.82. The average molecular weight is 569 g/mol. The molecule has 1 atom stereocenters. The predicted octanol–water partition coefficient (Wildman–Crippen LogP) is 4.55. The topological polar surface area (TPSA) is 112 Å². The summed E-state index contributed by atoms with van der Waals surface area (Å²) >= 11 is 0.